The average molecular weight is 232 g/mol. The minimum atomic E-state index is -0.482. The van der Waals surface area contributed by atoms with Crippen molar-refractivity contribution in [1.29, 1.82) is 0 Å². The standard InChI is InChI=1S/C13H12O4/c1-15-11-5-3-9(4-6-11)10-7-12(17-8-10)13(14)16-2/h3-8H,1-2H3. The van der Waals surface area contributed by atoms with Crippen molar-refractivity contribution in [2.24, 2.45) is 0 Å². The molecule has 0 atom stereocenters. The molecule has 0 aliphatic carbocycles. The molecule has 0 unspecified atom stereocenters. The van der Waals surface area contributed by atoms with E-state index in [1.165, 1.54) is 13.4 Å². The van der Waals surface area contributed by atoms with E-state index in [2.05, 4.69) is 4.74 Å². The molecule has 0 aliphatic heterocycles. The average Bonchev–Trinajstić information content (AvgIpc) is 2.87. The Kier molecular flexibility index (Phi) is 3.14. The summed E-state index contributed by atoms with van der Waals surface area (Å²) in [5.41, 5.74) is 1.78. The molecule has 0 aliphatic rings. The van der Waals surface area contributed by atoms with Crippen molar-refractivity contribution < 1.29 is 18.7 Å². The Morgan fingerprint density at radius 3 is 2.41 bits per heavy atom. The second-order valence-corrected chi connectivity index (χ2v) is 3.42. The van der Waals surface area contributed by atoms with Gasteiger partial charge in [0, 0.05) is 5.56 Å². The van der Waals surface area contributed by atoms with Gasteiger partial charge in [0.05, 0.1) is 20.5 Å². The van der Waals surface area contributed by atoms with Crippen LogP contribution < -0.4 is 4.74 Å². The van der Waals surface area contributed by atoms with Crippen LogP contribution in [-0.2, 0) is 4.74 Å². The molecule has 4 nitrogen and oxygen atoms in total. The Morgan fingerprint density at radius 1 is 1.12 bits per heavy atom. The maximum Gasteiger partial charge on any atom is 0.373 e. The second-order valence-electron chi connectivity index (χ2n) is 3.42. The van der Waals surface area contributed by atoms with Gasteiger partial charge >= 0.3 is 5.97 Å². The quantitative estimate of drug-likeness (QED) is 0.763. The molecule has 0 fully saturated rings. The van der Waals surface area contributed by atoms with Gasteiger partial charge in [-0.3, -0.25) is 0 Å². The van der Waals surface area contributed by atoms with E-state index in [0.29, 0.717) is 0 Å². The van der Waals surface area contributed by atoms with Crippen molar-refractivity contribution in [1.82, 2.24) is 0 Å². The topological polar surface area (TPSA) is 48.7 Å². The van der Waals surface area contributed by atoms with Crippen LogP contribution in [0, 0.1) is 0 Å². The first-order chi connectivity index (χ1) is 8.24. The highest BCUT2D eigenvalue weighted by Crippen LogP contribution is 2.24. The zero-order valence-electron chi connectivity index (χ0n) is 9.60. The van der Waals surface area contributed by atoms with E-state index >= 15 is 0 Å². The zero-order valence-corrected chi connectivity index (χ0v) is 9.60. The lowest BCUT2D eigenvalue weighted by molar-refractivity contribution is 0.0565. The van der Waals surface area contributed by atoms with Crippen LogP contribution in [0.5, 0.6) is 5.75 Å². The van der Waals surface area contributed by atoms with Gasteiger partial charge in [-0.1, -0.05) is 12.1 Å². The smallest absolute Gasteiger partial charge is 0.373 e. The van der Waals surface area contributed by atoms with Crippen molar-refractivity contribution in [2.75, 3.05) is 14.2 Å². The fourth-order valence-corrected chi connectivity index (χ4v) is 1.48. The molecule has 0 N–H and O–H groups in total. The van der Waals surface area contributed by atoms with Gasteiger partial charge in [0.2, 0.25) is 5.76 Å². The zero-order chi connectivity index (χ0) is 12.3. The molecule has 2 aromatic rings. The number of hydrogen-bond donors (Lipinski definition) is 0. The van der Waals surface area contributed by atoms with Gasteiger partial charge in [0.15, 0.2) is 0 Å². The largest absolute Gasteiger partial charge is 0.497 e. The fourth-order valence-electron chi connectivity index (χ4n) is 1.48. The second kappa shape index (κ2) is 4.74. The lowest BCUT2D eigenvalue weighted by Gasteiger charge is -2.00. The number of carbonyl (C=O) groups is 1. The molecule has 2 rings (SSSR count). The monoisotopic (exact) mass is 232 g/mol. The summed E-state index contributed by atoms with van der Waals surface area (Å²) in [6, 6.07) is 9.13. The Labute approximate surface area is 98.8 Å². The molecule has 1 aromatic carbocycles. The summed E-state index contributed by atoms with van der Waals surface area (Å²) in [5, 5.41) is 0. The highest BCUT2D eigenvalue weighted by Gasteiger charge is 2.11. The van der Waals surface area contributed by atoms with Gasteiger partial charge in [-0.25, -0.2) is 4.79 Å². The molecule has 4 heteroatoms. The van der Waals surface area contributed by atoms with Crippen molar-refractivity contribution in [2.45, 2.75) is 0 Å². The normalized spacial score (nSPS) is 10.0. The Balaban J connectivity index is 2.27. The summed E-state index contributed by atoms with van der Waals surface area (Å²) in [5.74, 6) is 0.494. The lowest BCUT2D eigenvalue weighted by Crippen LogP contribution is -1.98. The van der Waals surface area contributed by atoms with E-state index in [0.717, 1.165) is 16.9 Å². The molecule has 17 heavy (non-hydrogen) atoms. The lowest BCUT2D eigenvalue weighted by atomic mass is 10.1. The first-order valence-corrected chi connectivity index (χ1v) is 5.06. The minimum absolute atomic E-state index is 0.193. The molecule has 0 saturated heterocycles. The van der Waals surface area contributed by atoms with Gasteiger partial charge in [-0.2, -0.15) is 0 Å². The summed E-state index contributed by atoms with van der Waals surface area (Å²) >= 11 is 0. The van der Waals surface area contributed by atoms with E-state index < -0.39 is 5.97 Å². The van der Waals surface area contributed by atoms with Crippen LogP contribution in [0.4, 0.5) is 0 Å². The van der Waals surface area contributed by atoms with Crippen LogP contribution in [0.3, 0.4) is 0 Å². The number of rotatable bonds is 3. The Morgan fingerprint density at radius 2 is 1.82 bits per heavy atom. The highest BCUT2D eigenvalue weighted by atomic mass is 16.5. The van der Waals surface area contributed by atoms with Crippen LogP contribution in [0.25, 0.3) is 11.1 Å². The predicted octanol–water partition coefficient (Wildman–Crippen LogP) is 2.74. The maximum absolute atomic E-state index is 11.2. The van der Waals surface area contributed by atoms with Crippen LogP contribution in [0.15, 0.2) is 41.0 Å². The van der Waals surface area contributed by atoms with Crippen LogP contribution in [0.2, 0.25) is 0 Å². The molecule has 1 aromatic heterocycles. The van der Waals surface area contributed by atoms with Crippen LogP contribution >= 0.6 is 0 Å². The van der Waals surface area contributed by atoms with E-state index in [-0.39, 0.29) is 5.76 Å². The first kappa shape index (κ1) is 11.3. The molecule has 0 spiro atoms. The van der Waals surface area contributed by atoms with Crippen molar-refractivity contribution in [3.63, 3.8) is 0 Å². The predicted molar refractivity (Wildman–Crippen MR) is 62.0 cm³/mol. The highest BCUT2D eigenvalue weighted by molar-refractivity contribution is 5.88. The molecule has 1 heterocycles. The molecule has 0 saturated carbocycles. The summed E-state index contributed by atoms with van der Waals surface area (Å²) < 4.78 is 14.8. The van der Waals surface area contributed by atoms with Gasteiger partial charge in [0.1, 0.15) is 5.75 Å². The van der Waals surface area contributed by atoms with E-state index in [9.17, 15) is 4.79 Å². The number of furan rings is 1. The third-order valence-corrected chi connectivity index (χ3v) is 2.41. The van der Waals surface area contributed by atoms with E-state index in [1.54, 1.807) is 13.2 Å². The maximum atomic E-state index is 11.2. The number of carbonyl (C=O) groups excluding carboxylic acids is 1. The van der Waals surface area contributed by atoms with Crippen molar-refractivity contribution in [3.8, 4) is 16.9 Å². The fraction of sp³-hybridized carbons (Fsp3) is 0.154. The number of esters is 1. The molecular weight excluding hydrogens is 220 g/mol. The number of hydrogen-bond acceptors (Lipinski definition) is 4. The molecule has 0 amide bonds. The van der Waals surface area contributed by atoms with Gasteiger partial charge in [0.25, 0.3) is 0 Å². The van der Waals surface area contributed by atoms with Crippen molar-refractivity contribution in [3.05, 3.63) is 42.4 Å². The number of benzene rings is 1. The summed E-state index contributed by atoms with van der Waals surface area (Å²) in [4.78, 5) is 11.2. The molecular formula is C13H12O4. The van der Waals surface area contributed by atoms with Crippen LogP contribution in [0.1, 0.15) is 10.6 Å². The number of methoxy groups -OCH3 is 2. The molecule has 0 radical (unpaired) electrons. The summed E-state index contributed by atoms with van der Waals surface area (Å²) in [6.07, 6.45) is 1.52. The SMILES string of the molecule is COC(=O)c1cc(-c2ccc(OC)cc2)co1. The van der Waals surface area contributed by atoms with E-state index in [1.807, 2.05) is 24.3 Å². The van der Waals surface area contributed by atoms with E-state index in [4.69, 9.17) is 9.15 Å². The summed E-state index contributed by atoms with van der Waals surface area (Å²) in [7, 11) is 2.93. The van der Waals surface area contributed by atoms with Gasteiger partial charge in [-0.15, -0.1) is 0 Å². The minimum Gasteiger partial charge on any atom is -0.497 e. The Bertz CT molecular complexity index is 510. The van der Waals surface area contributed by atoms with Gasteiger partial charge < -0.3 is 13.9 Å². The molecule has 0 bridgehead atoms. The van der Waals surface area contributed by atoms with Gasteiger partial charge in [-0.05, 0) is 23.8 Å². The van der Waals surface area contributed by atoms with Crippen LogP contribution in [-0.4, -0.2) is 20.2 Å². The van der Waals surface area contributed by atoms with Crippen molar-refractivity contribution >= 4 is 5.97 Å². The first-order valence-electron chi connectivity index (χ1n) is 5.06. The third-order valence-electron chi connectivity index (χ3n) is 2.41. The Hall–Kier alpha value is -2.23. The molecule has 88 valence electrons. The number of ether oxygens (including phenoxy) is 2. The third kappa shape index (κ3) is 2.30. The summed E-state index contributed by atoms with van der Waals surface area (Å²) in [6.45, 7) is 0.